The van der Waals surface area contributed by atoms with Crippen LogP contribution in [0.4, 0.5) is 0 Å². The standard InChI is InChI=1S/C24H30N2O6/c1-5-7-17-8-10-19(21(12-17)29-3)32-16-24(28)26-14-18-9-11-20(22(13-18)30-4)31-15-23(27)25-6-2/h5,8-13H,1,6-7,14-16H2,2-4H3,(H,25,27)(H,26,28). The molecule has 0 saturated heterocycles. The van der Waals surface area contributed by atoms with Crippen molar-refractivity contribution in [2.24, 2.45) is 0 Å². The Kier molecular flexibility index (Phi) is 9.90. The number of hydrogen-bond donors (Lipinski definition) is 2. The molecule has 0 aliphatic carbocycles. The van der Waals surface area contributed by atoms with Gasteiger partial charge in [-0.2, -0.15) is 0 Å². The number of nitrogens with one attached hydrogen (secondary N) is 2. The molecule has 0 atom stereocenters. The lowest BCUT2D eigenvalue weighted by Crippen LogP contribution is -2.29. The van der Waals surface area contributed by atoms with Crippen molar-refractivity contribution in [3.05, 3.63) is 60.2 Å². The number of benzene rings is 2. The second-order valence-electron chi connectivity index (χ2n) is 6.77. The Balaban J connectivity index is 1.88. The van der Waals surface area contributed by atoms with Gasteiger partial charge in [0.15, 0.2) is 36.2 Å². The van der Waals surface area contributed by atoms with Crippen molar-refractivity contribution in [2.75, 3.05) is 34.0 Å². The maximum atomic E-state index is 12.2. The molecule has 2 rings (SSSR count). The van der Waals surface area contributed by atoms with Gasteiger partial charge in [-0.15, -0.1) is 6.58 Å². The molecule has 2 N–H and O–H groups in total. The number of hydrogen-bond acceptors (Lipinski definition) is 6. The molecule has 0 aromatic heterocycles. The summed E-state index contributed by atoms with van der Waals surface area (Å²) in [6, 6.07) is 10.8. The fourth-order valence-corrected chi connectivity index (χ4v) is 2.85. The van der Waals surface area contributed by atoms with Gasteiger partial charge in [0.1, 0.15) is 0 Å². The summed E-state index contributed by atoms with van der Waals surface area (Å²) < 4.78 is 21.8. The van der Waals surface area contributed by atoms with Crippen molar-refractivity contribution < 1.29 is 28.5 Å². The van der Waals surface area contributed by atoms with Crippen LogP contribution >= 0.6 is 0 Å². The first-order valence-corrected chi connectivity index (χ1v) is 10.2. The van der Waals surface area contributed by atoms with E-state index in [0.717, 1.165) is 17.5 Å². The minimum absolute atomic E-state index is 0.102. The van der Waals surface area contributed by atoms with Gasteiger partial charge in [0.2, 0.25) is 0 Å². The Bertz CT molecular complexity index is 929. The van der Waals surface area contributed by atoms with Crippen molar-refractivity contribution in [3.63, 3.8) is 0 Å². The van der Waals surface area contributed by atoms with Crippen LogP contribution in [-0.2, 0) is 22.6 Å². The highest BCUT2D eigenvalue weighted by Gasteiger charge is 2.11. The van der Waals surface area contributed by atoms with Crippen molar-refractivity contribution >= 4 is 11.8 Å². The van der Waals surface area contributed by atoms with Gasteiger partial charge in [0, 0.05) is 13.1 Å². The molecule has 8 heteroatoms. The monoisotopic (exact) mass is 442 g/mol. The van der Waals surface area contributed by atoms with Crippen molar-refractivity contribution in [1.82, 2.24) is 10.6 Å². The van der Waals surface area contributed by atoms with Gasteiger partial charge in [-0.05, 0) is 48.7 Å². The molecule has 2 aromatic carbocycles. The van der Waals surface area contributed by atoms with E-state index in [1.165, 1.54) is 7.11 Å². The molecule has 0 aliphatic heterocycles. The zero-order chi connectivity index (χ0) is 23.3. The summed E-state index contributed by atoms with van der Waals surface area (Å²) in [4.78, 5) is 23.8. The lowest BCUT2D eigenvalue weighted by molar-refractivity contribution is -0.123. The minimum atomic E-state index is -0.280. The molecular weight excluding hydrogens is 412 g/mol. The fourth-order valence-electron chi connectivity index (χ4n) is 2.85. The van der Waals surface area contributed by atoms with E-state index in [1.54, 1.807) is 37.5 Å². The molecule has 2 amide bonds. The SMILES string of the molecule is C=CCc1ccc(OCC(=O)NCc2ccc(OCC(=O)NCC)c(OC)c2)c(OC)c1. The minimum Gasteiger partial charge on any atom is -0.493 e. The van der Waals surface area contributed by atoms with E-state index >= 15 is 0 Å². The zero-order valence-electron chi connectivity index (χ0n) is 18.7. The van der Waals surface area contributed by atoms with E-state index in [4.69, 9.17) is 18.9 Å². The Morgan fingerprint density at radius 2 is 1.38 bits per heavy atom. The Morgan fingerprint density at radius 1 is 0.844 bits per heavy atom. The first-order chi connectivity index (χ1) is 15.5. The number of rotatable bonds is 13. The number of methoxy groups -OCH3 is 2. The number of amides is 2. The second-order valence-corrected chi connectivity index (χ2v) is 6.77. The third-order valence-corrected chi connectivity index (χ3v) is 4.42. The lowest BCUT2D eigenvalue weighted by atomic mass is 10.1. The molecule has 0 radical (unpaired) electrons. The van der Waals surface area contributed by atoms with Gasteiger partial charge in [-0.3, -0.25) is 9.59 Å². The van der Waals surface area contributed by atoms with Crippen LogP contribution in [-0.4, -0.2) is 45.8 Å². The smallest absolute Gasteiger partial charge is 0.258 e. The Morgan fingerprint density at radius 3 is 1.91 bits per heavy atom. The summed E-state index contributed by atoms with van der Waals surface area (Å²) in [5.41, 5.74) is 1.85. The quantitative estimate of drug-likeness (QED) is 0.463. The van der Waals surface area contributed by atoms with Crippen LogP contribution in [0.25, 0.3) is 0 Å². The van der Waals surface area contributed by atoms with Crippen LogP contribution in [0, 0.1) is 0 Å². The number of ether oxygens (including phenoxy) is 4. The molecule has 0 heterocycles. The lowest BCUT2D eigenvalue weighted by Gasteiger charge is -2.13. The van der Waals surface area contributed by atoms with Crippen molar-refractivity contribution in [2.45, 2.75) is 19.9 Å². The average molecular weight is 443 g/mol. The van der Waals surface area contributed by atoms with Crippen LogP contribution < -0.4 is 29.6 Å². The molecule has 0 aliphatic rings. The molecule has 0 spiro atoms. The topological polar surface area (TPSA) is 95.1 Å². The summed E-state index contributed by atoms with van der Waals surface area (Å²) in [7, 11) is 3.06. The van der Waals surface area contributed by atoms with Crippen molar-refractivity contribution in [3.8, 4) is 23.0 Å². The Labute approximate surface area is 188 Å². The second kappa shape index (κ2) is 12.9. The highest BCUT2D eigenvalue weighted by Crippen LogP contribution is 2.29. The fraction of sp³-hybridized carbons (Fsp3) is 0.333. The predicted molar refractivity (Wildman–Crippen MR) is 121 cm³/mol. The molecular formula is C24H30N2O6. The summed E-state index contributed by atoms with van der Waals surface area (Å²) in [6.45, 7) is 6.12. The number of likely N-dealkylation sites (N-methyl/N-ethyl adjacent to an activating group) is 1. The van der Waals surface area contributed by atoms with Gasteiger partial charge in [0.25, 0.3) is 11.8 Å². The Hall–Kier alpha value is -3.68. The maximum Gasteiger partial charge on any atom is 0.258 e. The number of carbonyl (C=O) groups excluding carboxylic acids is 2. The summed E-state index contributed by atoms with van der Waals surface area (Å²) >= 11 is 0. The average Bonchev–Trinajstić information content (AvgIpc) is 2.81. The number of allylic oxidation sites excluding steroid dienone is 1. The normalized spacial score (nSPS) is 10.1. The van der Waals surface area contributed by atoms with Crippen molar-refractivity contribution in [1.29, 1.82) is 0 Å². The molecule has 0 bridgehead atoms. The predicted octanol–water partition coefficient (Wildman–Crippen LogP) is 2.64. The van der Waals surface area contributed by atoms with E-state index in [-0.39, 0.29) is 31.6 Å². The third kappa shape index (κ3) is 7.54. The third-order valence-electron chi connectivity index (χ3n) is 4.42. The molecule has 32 heavy (non-hydrogen) atoms. The first kappa shape index (κ1) is 24.6. The molecule has 2 aromatic rings. The van der Waals surface area contributed by atoms with Crippen LogP contribution in [0.15, 0.2) is 49.1 Å². The molecule has 0 unspecified atom stereocenters. The first-order valence-electron chi connectivity index (χ1n) is 10.2. The highest BCUT2D eigenvalue weighted by atomic mass is 16.5. The van der Waals surface area contributed by atoms with Gasteiger partial charge in [-0.1, -0.05) is 18.2 Å². The van der Waals surface area contributed by atoms with Gasteiger partial charge in [0.05, 0.1) is 14.2 Å². The molecule has 0 saturated carbocycles. The number of carbonyl (C=O) groups is 2. The summed E-state index contributed by atoms with van der Waals surface area (Å²) in [6.07, 6.45) is 2.52. The summed E-state index contributed by atoms with van der Waals surface area (Å²) in [5.74, 6) is 1.48. The van der Waals surface area contributed by atoms with Gasteiger partial charge >= 0.3 is 0 Å². The maximum absolute atomic E-state index is 12.2. The van der Waals surface area contributed by atoms with E-state index < -0.39 is 0 Å². The van der Waals surface area contributed by atoms with Crippen LogP contribution in [0.5, 0.6) is 23.0 Å². The van der Waals surface area contributed by atoms with E-state index in [9.17, 15) is 9.59 Å². The largest absolute Gasteiger partial charge is 0.493 e. The van der Waals surface area contributed by atoms with Crippen LogP contribution in [0.2, 0.25) is 0 Å². The highest BCUT2D eigenvalue weighted by molar-refractivity contribution is 5.78. The molecule has 172 valence electrons. The van der Waals surface area contributed by atoms with Crippen LogP contribution in [0.1, 0.15) is 18.1 Å². The molecule has 8 nitrogen and oxygen atoms in total. The van der Waals surface area contributed by atoms with Gasteiger partial charge in [-0.25, -0.2) is 0 Å². The van der Waals surface area contributed by atoms with Crippen LogP contribution in [0.3, 0.4) is 0 Å². The van der Waals surface area contributed by atoms with Gasteiger partial charge < -0.3 is 29.6 Å². The summed E-state index contributed by atoms with van der Waals surface area (Å²) in [5, 5.41) is 5.46. The van der Waals surface area contributed by atoms with E-state index in [2.05, 4.69) is 17.2 Å². The molecule has 0 fully saturated rings. The van der Waals surface area contributed by atoms with E-state index in [1.807, 2.05) is 19.1 Å². The van der Waals surface area contributed by atoms with E-state index in [0.29, 0.717) is 29.5 Å². The zero-order valence-corrected chi connectivity index (χ0v) is 18.7.